The van der Waals surface area contributed by atoms with E-state index in [1.807, 2.05) is 51.1 Å². The minimum Gasteiger partial charge on any atom is -0.491 e. The van der Waals surface area contributed by atoms with Crippen molar-refractivity contribution in [1.29, 1.82) is 0 Å². The van der Waals surface area contributed by atoms with Crippen LogP contribution in [0.3, 0.4) is 0 Å². The zero-order valence-corrected chi connectivity index (χ0v) is 26.7. The lowest BCUT2D eigenvalue weighted by molar-refractivity contribution is -0.139. The van der Waals surface area contributed by atoms with Crippen molar-refractivity contribution in [3.8, 4) is 17.2 Å². The lowest BCUT2D eigenvalue weighted by Crippen LogP contribution is -2.40. The summed E-state index contributed by atoms with van der Waals surface area (Å²) in [5.41, 5.74) is 2.67. The molecule has 0 amide bonds. The standard InChI is InChI=1S/C35H35FN2O6S/c1-6-41-29-18-24(14-17-28(29)43-20-23-12-15-25(36)16-13-23)19-30-33(39)38-32(26-10-8-9-11-27(26)44-21(3)4)31(34(40)42-7-2)22(5)37-35(38)45-30/h8-19,21,32H,6-7,20H2,1-5H3/b30-19+/t32-/m0/s1. The number of nitrogens with zero attached hydrogens (tertiary/aromatic N) is 2. The second-order valence-corrected chi connectivity index (χ2v) is 11.6. The van der Waals surface area contributed by atoms with Crippen molar-refractivity contribution in [2.75, 3.05) is 13.2 Å². The van der Waals surface area contributed by atoms with Crippen molar-refractivity contribution in [1.82, 2.24) is 4.57 Å². The number of ether oxygens (including phenoxy) is 4. The predicted molar refractivity (Wildman–Crippen MR) is 171 cm³/mol. The Kier molecular flexibility index (Phi) is 9.83. The first-order chi connectivity index (χ1) is 21.7. The maximum absolute atomic E-state index is 14.1. The van der Waals surface area contributed by atoms with Gasteiger partial charge in [0.05, 0.1) is 35.1 Å². The summed E-state index contributed by atoms with van der Waals surface area (Å²) in [7, 11) is 0. The Hall–Kier alpha value is -4.70. The summed E-state index contributed by atoms with van der Waals surface area (Å²) in [6.07, 6.45) is 1.65. The summed E-state index contributed by atoms with van der Waals surface area (Å²) >= 11 is 1.24. The number of carbonyl (C=O) groups excluding carboxylic acids is 1. The highest BCUT2D eigenvalue weighted by Crippen LogP contribution is 2.36. The van der Waals surface area contributed by atoms with E-state index in [4.69, 9.17) is 18.9 Å². The third kappa shape index (κ3) is 7.01. The molecule has 234 valence electrons. The predicted octanol–water partition coefficient (Wildman–Crippen LogP) is 5.70. The fourth-order valence-electron chi connectivity index (χ4n) is 5.05. The molecule has 1 aliphatic rings. The second kappa shape index (κ2) is 13.9. The molecule has 0 radical (unpaired) electrons. The van der Waals surface area contributed by atoms with Gasteiger partial charge in [-0.15, -0.1) is 0 Å². The summed E-state index contributed by atoms with van der Waals surface area (Å²) in [4.78, 5) is 32.5. The molecule has 1 aromatic heterocycles. The van der Waals surface area contributed by atoms with Crippen LogP contribution in [0.2, 0.25) is 0 Å². The zero-order chi connectivity index (χ0) is 32.1. The molecule has 0 spiro atoms. The molecule has 10 heteroatoms. The van der Waals surface area contributed by atoms with Gasteiger partial charge in [-0.2, -0.15) is 0 Å². The van der Waals surface area contributed by atoms with Crippen LogP contribution in [0.25, 0.3) is 6.08 Å². The summed E-state index contributed by atoms with van der Waals surface area (Å²) < 4.78 is 38.6. The average molecular weight is 631 g/mol. The van der Waals surface area contributed by atoms with E-state index in [0.29, 0.717) is 44.4 Å². The van der Waals surface area contributed by atoms with E-state index in [-0.39, 0.29) is 36.3 Å². The third-order valence-electron chi connectivity index (χ3n) is 6.97. The first-order valence-corrected chi connectivity index (χ1v) is 15.6. The van der Waals surface area contributed by atoms with Gasteiger partial charge in [0.1, 0.15) is 24.2 Å². The van der Waals surface area contributed by atoms with Gasteiger partial charge in [-0.25, -0.2) is 14.2 Å². The first kappa shape index (κ1) is 31.7. The number of aromatic nitrogens is 1. The van der Waals surface area contributed by atoms with Crippen molar-refractivity contribution < 1.29 is 28.1 Å². The van der Waals surface area contributed by atoms with Gasteiger partial charge >= 0.3 is 5.97 Å². The molecule has 0 N–H and O–H groups in total. The fourth-order valence-corrected chi connectivity index (χ4v) is 6.10. The van der Waals surface area contributed by atoms with Crippen molar-refractivity contribution in [2.45, 2.75) is 53.4 Å². The molecular formula is C35H35FN2O6S. The Labute approximate surface area is 264 Å². The number of halogens is 1. The maximum Gasteiger partial charge on any atom is 0.338 e. The van der Waals surface area contributed by atoms with Crippen LogP contribution in [0, 0.1) is 5.82 Å². The molecule has 3 aromatic carbocycles. The number of benzene rings is 3. The number of allylic oxidation sites excluding steroid dienone is 1. The normalized spacial score (nSPS) is 14.6. The monoisotopic (exact) mass is 630 g/mol. The van der Waals surface area contributed by atoms with Gasteiger partial charge in [-0.1, -0.05) is 47.7 Å². The molecule has 8 nitrogen and oxygen atoms in total. The number of hydrogen-bond acceptors (Lipinski definition) is 8. The van der Waals surface area contributed by atoms with Crippen LogP contribution in [0.1, 0.15) is 57.4 Å². The molecular weight excluding hydrogens is 595 g/mol. The molecule has 0 saturated heterocycles. The second-order valence-electron chi connectivity index (χ2n) is 10.6. The summed E-state index contributed by atoms with van der Waals surface area (Å²) in [6.45, 7) is 10.0. The van der Waals surface area contributed by atoms with Crippen molar-refractivity contribution in [2.24, 2.45) is 4.99 Å². The molecule has 4 aromatic rings. The Morgan fingerprint density at radius 3 is 2.47 bits per heavy atom. The average Bonchev–Trinajstić information content (AvgIpc) is 3.31. The fraction of sp³-hybridized carbons (Fsp3) is 0.286. The van der Waals surface area contributed by atoms with Gasteiger partial charge in [-0.3, -0.25) is 9.36 Å². The number of hydrogen-bond donors (Lipinski definition) is 0. The Morgan fingerprint density at radius 2 is 1.76 bits per heavy atom. The highest BCUT2D eigenvalue weighted by molar-refractivity contribution is 7.07. The highest BCUT2D eigenvalue weighted by atomic mass is 32.1. The van der Waals surface area contributed by atoms with Gasteiger partial charge in [0.15, 0.2) is 16.3 Å². The Bertz CT molecular complexity index is 1910. The van der Waals surface area contributed by atoms with E-state index in [9.17, 15) is 14.0 Å². The van der Waals surface area contributed by atoms with Gasteiger partial charge in [0.2, 0.25) is 0 Å². The summed E-state index contributed by atoms with van der Waals surface area (Å²) in [6, 6.07) is 18.1. The lowest BCUT2D eigenvalue weighted by Gasteiger charge is -2.26. The minimum atomic E-state index is -0.793. The van der Waals surface area contributed by atoms with Crippen LogP contribution < -0.4 is 29.1 Å². The molecule has 45 heavy (non-hydrogen) atoms. The van der Waals surface area contributed by atoms with Crippen molar-refractivity contribution >= 4 is 23.4 Å². The molecule has 0 fully saturated rings. The summed E-state index contributed by atoms with van der Waals surface area (Å²) in [5, 5.41) is 0. The SMILES string of the molecule is CCOC(=O)C1=C(C)N=c2s/c(=C/c3ccc(OCc4ccc(F)cc4)c(OCC)c3)c(=O)n2[C@H]1c1ccccc1OC(C)C. The van der Waals surface area contributed by atoms with E-state index >= 15 is 0 Å². The third-order valence-corrected chi connectivity index (χ3v) is 7.95. The van der Waals surface area contributed by atoms with Gasteiger partial charge in [0.25, 0.3) is 5.56 Å². The van der Waals surface area contributed by atoms with E-state index < -0.39 is 12.0 Å². The van der Waals surface area contributed by atoms with Gasteiger partial charge < -0.3 is 18.9 Å². The topological polar surface area (TPSA) is 88.4 Å². The largest absolute Gasteiger partial charge is 0.491 e. The number of fused-ring (bicyclic) bond motifs is 1. The van der Waals surface area contributed by atoms with Crippen molar-refractivity contribution in [3.05, 3.63) is 120 Å². The lowest BCUT2D eigenvalue weighted by atomic mass is 9.95. The van der Waals surface area contributed by atoms with Gasteiger partial charge in [0, 0.05) is 5.56 Å². The van der Waals surface area contributed by atoms with Crippen LogP contribution >= 0.6 is 11.3 Å². The molecule has 1 atom stereocenters. The van der Waals surface area contributed by atoms with Crippen LogP contribution in [0.4, 0.5) is 4.39 Å². The Balaban J connectivity index is 1.58. The highest BCUT2D eigenvalue weighted by Gasteiger charge is 2.35. The Morgan fingerprint density at radius 1 is 1.00 bits per heavy atom. The first-order valence-electron chi connectivity index (χ1n) is 14.8. The van der Waals surface area contributed by atoms with Gasteiger partial charge in [-0.05, 0) is 82.2 Å². The van der Waals surface area contributed by atoms with E-state index in [0.717, 1.165) is 11.1 Å². The molecule has 1 aliphatic heterocycles. The van der Waals surface area contributed by atoms with Crippen LogP contribution in [-0.4, -0.2) is 29.9 Å². The number of para-hydroxylation sites is 1. The maximum atomic E-state index is 14.1. The molecule has 0 unspecified atom stereocenters. The minimum absolute atomic E-state index is 0.125. The number of thiazole rings is 1. The van der Waals surface area contributed by atoms with E-state index in [1.54, 1.807) is 48.8 Å². The van der Waals surface area contributed by atoms with Crippen LogP contribution in [-0.2, 0) is 16.1 Å². The van der Waals surface area contributed by atoms with Crippen LogP contribution in [0.15, 0.2) is 87.8 Å². The number of rotatable bonds is 11. The quantitative estimate of drug-likeness (QED) is 0.198. The molecule has 0 bridgehead atoms. The zero-order valence-electron chi connectivity index (χ0n) is 25.8. The molecule has 0 saturated carbocycles. The molecule has 5 rings (SSSR count). The van der Waals surface area contributed by atoms with Crippen molar-refractivity contribution in [3.63, 3.8) is 0 Å². The van der Waals surface area contributed by atoms with E-state index in [2.05, 4.69) is 4.99 Å². The number of esters is 1. The molecule has 0 aliphatic carbocycles. The summed E-state index contributed by atoms with van der Waals surface area (Å²) in [5.74, 6) is 0.765. The smallest absolute Gasteiger partial charge is 0.338 e. The van der Waals surface area contributed by atoms with Crippen LogP contribution in [0.5, 0.6) is 17.2 Å². The number of carbonyl (C=O) groups is 1. The molecule has 2 heterocycles. The van der Waals surface area contributed by atoms with E-state index in [1.165, 1.54) is 23.5 Å².